The molecule has 1 rings (SSSR count). The minimum absolute atomic E-state index is 0.218. The highest BCUT2D eigenvalue weighted by Gasteiger charge is 2.01. The zero-order valence-electron chi connectivity index (χ0n) is 6.89. The average Bonchev–Trinajstić information content (AvgIpc) is 2.05. The Labute approximate surface area is 72.0 Å². The van der Waals surface area contributed by atoms with Crippen LogP contribution in [-0.2, 0) is 0 Å². The van der Waals surface area contributed by atoms with Crippen LogP contribution in [0.2, 0.25) is 0 Å². The van der Waals surface area contributed by atoms with Gasteiger partial charge < -0.3 is 0 Å². The van der Waals surface area contributed by atoms with Gasteiger partial charge in [-0.05, 0) is 18.1 Å². The third-order valence-electron chi connectivity index (χ3n) is 1.65. The molecule has 0 unspecified atom stereocenters. The highest BCUT2D eigenvalue weighted by atomic mass is 19.1. The van der Waals surface area contributed by atoms with Crippen LogP contribution >= 0.6 is 0 Å². The van der Waals surface area contributed by atoms with Gasteiger partial charge in [-0.1, -0.05) is 30.9 Å². The zero-order chi connectivity index (χ0) is 8.97. The van der Waals surface area contributed by atoms with Crippen LogP contribution in [0.4, 0.5) is 4.39 Å². The Morgan fingerprint density at radius 2 is 2.08 bits per heavy atom. The van der Waals surface area contributed by atoms with Gasteiger partial charge in [0.25, 0.3) is 0 Å². The summed E-state index contributed by atoms with van der Waals surface area (Å²) in [7, 11) is 0. The van der Waals surface area contributed by atoms with Crippen LogP contribution in [0.5, 0.6) is 0 Å². The standard InChI is InChI=1S/C11H11F/c1-3-6-9(2)10-7-4-5-8-11(10)12/h3-5,7-8H,1-2,6H2. The number of halogens is 1. The molecule has 0 aliphatic heterocycles. The SMILES string of the molecule is C=CCC(=C)c1ccccc1F. The highest BCUT2D eigenvalue weighted by molar-refractivity contribution is 5.64. The van der Waals surface area contributed by atoms with Gasteiger partial charge in [0.1, 0.15) is 5.82 Å². The molecule has 0 bridgehead atoms. The predicted molar refractivity (Wildman–Crippen MR) is 50.2 cm³/mol. The number of benzene rings is 1. The Balaban J connectivity index is 2.94. The van der Waals surface area contributed by atoms with Crippen molar-refractivity contribution in [2.45, 2.75) is 6.42 Å². The topological polar surface area (TPSA) is 0 Å². The third kappa shape index (κ3) is 1.82. The van der Waals surface area contributed by atoms with Crippen LogP contribution in [0.1, 0.15) is 12.0 Å². The van der Waals surface area contributed by atoms with Gasteiger partial charge in [0.15, 0.2) is 0 Å². The molecule has 0 spiro atoms. The van der Waals surface area contributed by atoms with E-state index in [1.807, 2.05) is 0 Å². The van der Waals surface area contributed by atoms with Crippen molar-refractivity contribution in [2.24, 2.45) is 0 Å². The van der Waals surface area contributed by atoms with E-state index < -0.39 is 0 Å². The molecule has 0 nitrogen and oxygen atoms in total. The summed E-state index contributed by atoms with van der Waals surface area (Å²) in [6.07, 6.45) is 2.34. The Hall–Kier alpha value is -1.37. The summed E-state index contributed by atoms with van der Waals surface area (Å²) >= 11 is 0. The second kappa shape index (κ2) is 3.86. The molecular weight excluding hydrogens is 151 g/mol. The molecule has 62 valence electrons. The Morgan fingerprint density at radius 1 is 1.42 bits per heavy atom. The van der Waals surface area contributed by atoms with Crippen LogP contribution < -0.4 is 0 Å². The molecule has 0 fully saturated rings. The van der Waals surface area contributed by atoms with Crippen molar-refractivity contribution >= 4 is 5.57 Å². The lowest BCUT2D eigenvalue weighted by molar-refractivity contribution is 0.623. The number of hydrogen-bond donors (Lipinski definition) is 0. The van der Waals surface area contributed by atoms with Crippen LogP contribution in [-0.4, -0.2) is 0 Å². The summed E-state index contributed by atoms with van der Waals surface area (Å²) in [6.45, 7) is 7.34. The van der Waals surface area contributed by atoms with E-state index in [-0.39, 0.29) is 5.82 Å². The van der Waals surface area contributed by atoms with Gasteiger partial charge >= 0.3 is 0 Å². The molecule has 1 aromatic rings. The molecule has 1 heteroatoms. The molecule has 12 heavy (non-hydrogen) atoms. The van der Waals surface area contributed by atoms with Gasteiger partial charge in [-0.3, -0.25) is 0 Å². The maximum absolute atomic E-state index is 13.1. The van der Waals surface area contributed by atoms with Crippen LogP contribution in [0.25, 0.3) is 5.57 Å². The molecule has 0 aliphatic rings. The van der Waals surface area contributed by atoms with E-state index >= 15 is 0 Å². The fourth-order valence-corrected chi connectivity index (χ4v) is 1.03. The molecule has 0 aromatic heterocycles. The molecular formula is C11H11F. The molecule has 0 saturated heterocycles. The Bertz CT molecular complexity index is 300. The van der Waals surface area contributed by atoms with Gasteiger partial charge in [0.2, 0.25) is 0 Å². The molecule has 0 atom stereocenters. The lowest BCUT2D eigenvalue weighted by atomic mass is 10.0. The van der Waals surface area contributed by atoms with E-state index in [9.17, 15) is 4.39 Å². The minimum Gasteiger partial charge on any atom is -0.206 e. The fraction of sp³-hybridized carbons (Fsp3) is 0.0909. The van der Waals surface area contributed by atoms with Gasteiger partial charge in [0, 0.05) is 5.56 Å². The Kier molecular flexibility index (Phi) is 2.81. The minimum atomic E-state index is -0.218. The van der Waals surface area contributed by atoms with Crippen LogP contribution in [0, 0.1) is 5.82 Å². The van der Waals surface area contributed by atoms with E-state index in [4.69, 9.17) is 0 Å². The smallest absolute Gasteiger partial charge is 0.130 e. The van der Waals surface area contributed by atoms with Crippen molar-refractivity contribution in [1.82, 2.24) is 0 Å². The quantitative estimate of drug-likeness (QED) is 0.597. The number of rotatable bonds is 3. The van der Waals surface area contributed by atoms with E-state index in [1.54, 1.807) is 24.3 Å². The van der Waals surface area contributed by atoms with E-state index in [2.05, 4.69) is 13.2 Å². The summed E-state index contributed by atoms with van der Waals surface area (Å²) < 4.78 is 13.1. The maximum atomic E-state index is 13.1. The summed E-state index contributed by atoms with van der Waals surface area (Å²) in [4.78, 5) is 0. The molecule has 0 amide bonds. The first-order valence-corrected chi connectivity index (χ1v) is 3.79. The average molecular weight is 162 g/mol. The van der Waals surface area contributed by atoms with Crippen molar-refractivity contribution in [2.75, 3.05) is 0 Å². The van der Waals surface area contributed by atoms with E-state index in [0.717, 1.165) is 5.57 Å². The van der Waals surface area contributed by atoms with Crippen molar-refractivity contribution < 1.29 is 4.39 Å². The van der Waals surface area contributed by atoms with Gasteiger partial charge in [0.05, 0.1) is 0 Å². The van der Waals surface area contributed by atoms with E-state index in [0.29, 0.717) is 12.0 Å². The summed E-state index contributed by atoms with van der Waals surface area (Å²) in [5.41, 5.74) is 1.35. The summed E-state index contributed by atoms with van der Waals surface area (Å²) in [5, 5.41) is 0. The number of hydrogen-bond acceptors (Lipinski definition) is 0. The van der Waals surface area contributed by atoms with Crippen molar-refractivity contribution in [1.29, 1.82) is 0 Å². The third-order valence-corrected chi connectivity index (χ3v) is 1.65. The number of allylic oxidation sites excluding steroid dienone is 2. The molecule has 0 saturated carbocycles. The van der Waals surface area contributed by atoms with Crippen LogP contribution in [0.15, 0.2) is 43.5 Å². The summed E-state index contributed by atoms with van der Waals surface area (Å²) in [6, 6.07) is 6.62. The van der Waals surface area contributed by atoms with Crippen molar-refractivity contribution in [3.63, 3.8) is 0 Å². The van der Waals surface area contributed by atoms with Gasteiger partial charge in [-0.25, -0.2) is 4.39 Å². The largest absolute Gasteiger partial charge is 0.206 e. The lowest BCUT2D eigenvalue weighted by Gasteiger charge is -2.02. The van der Waals surface area contributed by atoms with Gasteiger partial charge in [-0.2, -0.15) is 0 Å². The lowest BCUT2D eigenvalue weighted by Crippen LogP contribution is -1.86. The first-order chi connectivity index (χ1) is 5.75. The van der Waals surface area contributed by atoms with Crippen molar-refractivity contribution in [3.8, 4) is 0 Å². The molecule has 1 aromatic carbocycles. The predicted octanol–water partition coefficient (Wildman–Crippen LogP) is 3.42. The van der Waals surface area contributed by atoms with Crippen LogP contribution in [0.3, 0.4) is 0 Å². The molecule has 0 heterocycles. The first-order valence-electron chi connectivity index (χ1n) is 3.79. The summed E-state index contributed by atoms with van der Waals surface area (Å²) in [5.74, 6) is -0.218. The van der Waals surface area contributed by atoms with E-state index in [1.165, 1.54) is 6.07 Å². The molecule has 0 N–H and O–H groups in total. The normalized spacial score (nSPS) is 9.42. The second-order valence-corrected chi connectivity index (χ2v) is 2.58. The zero-order valence-corrected chi connectivity index (χ0v) is 6.89. The highest BCUT2D eigenvalue weighted by Crippen LogP contribution is 2.18. The fourth-order valence-electron chi connectivity index (χ4n) is 1.03. The van der Waals surface area contributed by atoms with Gasteiger partial charge in [-0.15, -0.1) is 6.58 Å². The Morgan fingerprint density at radius 3 is 2.67 bits per heavy atom. The molecule has 0 radical (unpaired) electrons. The second-order valence-electron chi connectivity index (χ2n) is 2.58. The maximum Gasteiger partial charge on any atom is 0.130 e. The van der Waals surface area contributed by atoms with Crippen molar-refractivity contribution in [3.05, 3.63) is 54.9 Å². The monoisotopic (exact) mass is 162 g/mol. The first kappa shape index (κ1) is 8.72. The molecule has 0 aliphatic carbocycles.